The van der Waals surface area contributed by atoms with E-state index in [1.165, 1.54) is 23.1 Å². The fourth-order valence-electron chi connectivity index (χ4n) is 11.3. The Balaban J connectivity index is 0.000000156. The van der Waals surface area contributed by atoms with Crippen molar-refractivity contribution in [1.82, 2.24) is 72.7 Å². The minimum absolute atomic E-state index is 0.0463. The van der Waals surface area contributed by atoms with Gasteiger partial charge in [-0.05, 0) is 169 Å². The number of allylic oxidation sites excluding steroid dienone is 10. The standard InChI is InChI=1S/2C11H14N2O.C10H11BrN2O.C10H10Cl2N2O.C10H12N2O.C7H9NO.C6H10N2O.C5H8N2O/c1-8-6-13(7-12-8)10-4-3-5-11(14)9(10)2;1-8-10(4-3-5-11(8)14)13-7-6-12-9(13)2;1-7-9(3-2-4-10(7)14)13-6-8(11)5-12-13;1-6-7(3-2-4-8(6)15)14-5-13-9(11)10(14)12;1-8-9(3-2-4-10(8)13)12-6-5-11-7-12;1-5-4-8-9-7(5)6-2-3-6;1-3-8-6(9)5(2)4-7-8;1-4-3-6-7(2)5(4)8/h2*6-7H,3-5H2,1-2H3;5-6H,2-4H2,1H3;5H,2-4H2,1H3;5-7H,2-4H2,1H3;4,6H,2-3H2,1H3;4,7H,3H2,1-2H3;3,6H,1-2H3. The monoisotopic (exact) mass is 1420 g/mol. The third-order valence-electron chi connectivity index (χ3n) is 17.3. The molecule has 0 spiro atoms. The molecule has 23 nitrogen and oxygen atoms in total. The average Bonchev–Trinajstić information content (AvgIpc) is 1.64. The van der Waals surface area contributed by atoms with Gasteiger partial charge in [0.2, 0.25) is 0 Å². The Morgan fingerprint density at radius 3 is 1.43 bits per heavy atom. The molecule has 0 unspecified atom stereocenters. The maximum absolute atomic E-state index is 11.5. The molecule has 0 saturated heterocycles. The van der Waals surface area contributed by atoms with Gasteiger partial charge in [-0.1, -0.05) is 28.4 Å². The number of hydrogen-bond acceptors (Lipinski definition) is 14. The van der Waals surface area contributed by atoms with E-state index < -0.39 is 0 Å². The van der Waals surface area contributed by atoms with E-state index in [0.717, 1.165) is 153 Å². The van der Waals surface area contributed by atoms with Crippen molar-refractivity contribution < 1.29 is 28.5 Å². The molecule has 0 radical (unpaired) electrons. The number of halogens is 3. The van der Waals surface area contributed by atoms with Gasteiger partial charge in [0.05, 0.1) is 35.2 Å². The largest absolute Gasteiger partial charge is 0.361 e. The van der Waals surface area contributed by atoms with Crippen LogP contribution in [0.4, 0.5) is 0 Å². The fraction of sp³-hybridized carbons (Fsp3) is 0.443. The van der Waals surface area contributed by atoms with Crippen molar-refractivity contribution in [3.05, 3.63) is 178 Å². The van der Waals surface area contributed by atoms with Crippen LogP contribution in [0, 0.1) is 34.6 Å². The normalized spacial score (nSPS) is 16.4. The minimum atomic E-state index is 0.0463. The summed E-state index contributed by atoms with van der Waals surface area (Å²) in [6.07, 6.45) is 38.5. The summed E-state index contributed by atoms with van der Waals surface area (Å²) in [5, 5.41) is 14.1. The molecule has 8 aromatic heterocycles. The van der Waals surface area contributed by atoms with Gasteiger partial charge in [0.25, 0.3) is 11.1 Å². The molecule has 1 fully saturated rings. The lowest BCUT2D eigenvalue weighted by molar-refractivity contribution is -0.116. The molecule has 6 aliphatic rings. The maximum atomic E-state index is 11.5. The van der Waals surface area contributed by atoms with Gasteiger partial charge in [-0.3, -0.25) is 47.5 Å². The molecule has 14 rings (SSSR count). The second-order valence-electron chi connectivity index (χ2n) is 24.3. The molecule has 0 amide bonds. The Kier molecular flexibility index (Phi) is 27.6. The fourth-order valence-corrected chi connectivity index (χ4v) is 11.9. The van der Waals surface area contributed by atoms with Crippen LogP contribution in [0.1, 0.15) is 191 Å². The minimum Gasteiger partial charge on any atom is -0.361 e. The van der Waals surface area contributed by atoms with Crippen molar-refractivity contribution in [2.45, 2.75) is 198 Å². The summed E-state index contributed by atoms with van der Waals surface area (Å²) in [5.74, 6) is 4.01. The topological polar surface area (TPSA) is 276 Å². The lowest BCUT2D eigenvalue weighted by Crippen LogP contribution is -2.16. The van der Waals surface area contributed by atoms with Crippen LogP contribution in [-0.2, 0) is 37.6 Å². The van der Waals surface area contributed by atoms with Crippen LogP contribution in [0.3, 0.4) is 0 Å². The van der Waals surface area contributed by atoms with Gasteiger partial charge in [0.1, 0.15) is 17.9 Å². The Morgan fingerprint density at radius 2 is 1.05 bits per heavy atom. The van der Waals surface area contributed by atoms with Crippen LogP contribution in [0.5, 0.6) is 0 Å². The number of rotatable bonds is 7. The average molecular weight is 1420 g/mol. The van der Waals surface area contributed by atoms with Crippen LogP contribution in [0.25, 0.3) is 28.5 Å². The number of imidazole rings is 4. The number of aryl methyl sites for hydroxylation is 7. The van der Waals surface area contributed by atoms with Crippen LogP contribution >= 0.6 is 39.1 Å². The van der Waals surface area contributed by atoms with Crippen molar-refractivity contribution in [2.75, 3.05) is 0 Å². The first-order valence-corrected chi connectivity index (χ1v) is 34.0. The number of carbonyl (C=O) groups is 5. The van der Waals surface area contributed by atoms with Crippen molar-refractivity contribution in [1.29, 1.82) is 0 Å². The van der Waals surface area contributed by atoms with Gasteiger partial charge in [0, 0.05) is 174 Å². The zero-order valence-electron chi connectivity index (χ0n) is 57.0. The Labute approximate surface area is 577 Å². The first kappa shape index (κ1) is 74.8. The van der Waals surface area contributed by atoms with E-state index in [0.29, 0.717) is 49.7 Å². The smallest absolute Gasteiger partial charge is 0.269 e. The second kappa shape index (κ2) is 35.4. The molecule has 96 heavy (non-hydrogen) atoms. The van der Waals surface area contributed by atoms with Crippen LogP contribution in [0.2, 0.25) is 10.3 Å². The highest BCUT2D eigenvalue weighted by Gasteiger charge is 2.29. The summed E-state index contributed by atoms with van der Waals surface area (Å²) in [7, 11) is 1.69. The third kappa shape index (κ3) is 20.0. The molecular weight excluding hydrogens is 1330 g/mol. The zero-order chi connectivity index (χ0) is 69.9. The molecule has 512 valence electrons. The van der Waals surface area contributed by atoms with E-state index >= 15 is 0 Å². The summed E-state index contributed by atoms with van der Waals surface area (Å²) in [5.41, 5.74) is 13.4. The number of hydrogen-bond donors (Lipinski definition) is 2. The van der Waals surface area contributed by atoms with Crippen LogP contribution in [0.15, 0.2) is 127 Å². The SMILES string of the molecule is CC1=C(n2cc(Br)cn2)CCCC1=O.CC1=C(n2ccnc2)CCCC1=O.CC1=C(n2ccnc2C)CCCC1=O.CC1=C(n2cnc(C)c2)CCCC1=O.CC1=C(n2cnc(Cl)c2Cl)CCCC1=O.CCn1[nH]cc(C)c1=O.Cc1c[nH]n(C)c1=O.Cc1cnoc1C1CC1. The van der Waals surface area contributed by atoms with Crippen molar-refractivity contribution in [2.24, 2.45) is 7.05 Å². The molecule has 0 aliphatic heterocycles. The van der Waals surface area contributed by atoms with E-state index in [-0.39, 0.29) is 45.2 Å². The predicted octanol–water partition coefficient (Wildman–Crippen LogP) is 14.4. The van der Waals surface area contributed by atoms with Gasteiger partial charge in [0.15, 0.2) is 39.2 Å². The molecule has 6 aliphatic carbocycles. The molecule has 2 N–H and O–H groups in total. The highest BCUT2D eigenvalue weighted by molar-refractivity contribution is 9.10. The lowest BCUT2D eigenvalue weighted by Gasteiger charge is -2.18. The molecule has 0 atom stereocenters. The van der Waals surface area contributed by atoms with Gasteiger partial charge in [-0.2, -0.15) is 5.10 Å². The highest BCUT2D eigenvalue weighted by Crippen LogP contribution is 2.41. The first-order valence-electron chi connectivity index (χ1n) is 32.4. The number of aromatic amines is 2. The van der Waals surface area contributed by atoms with E-state index in [4.69, 9.17) is 27.7 Å². The summed E-state index contributed by atoms with van der Waals surface area (Å²) >= 11 is 15.1. The van der Waals surface area contributed by atoms with Gasteiger partial charge in [-0.15, -0.1) is 0 Å². The summed E-state index contributed by atoms with van der Waals surface area (Å²) < 4.78 is 18.4. The number of nitrogens with one attached hydrogen (secondary N) is 2. The van der Waals surface area contributed by atoms with Gasteiger partial charge >= 0.3 is 0 Å². The Morgan fingerprint density at radius 1 is 0.542 bits per heavy atom. The number of H-pyrrole nitrogens is 2. The second-order valence-corrected chi connectivity index (χ2v) is 25.9. The summed E-state index contributed by atoms with van der Waals surface area (Å²) in [6, 6.07) is 0. The van der Waals surface area contributed by atoms with E-state index in [1.807, 2.05) is 101 Å². The number of nitrogens with zero attached hydrogens (tertiary/aromatic N) is 13. The van der Waals surface area contributed by atoms with Crippen molar-refractivity contribution >= 4 is 96.5 Å². The molecule has 8 aromatic rings. The van der Waals surface area contributed by atoms with Crippen LogP contribution in [-0.4, -0.2) is 102 Å². The number of Topliss-reactive ketones (excluding diaryl/α,β-unsaturated/α-hetero) is 5. The third-order valence-corrected chi connectivity index (χ3v) is 18.4. The lowest BCUT2D eigenvalue weighted by atomic mass is 9.96. The van der Waals surface area contributed by atoms with E-state index in [9.17, 15) is 33.6 Å². The van der Waals surface area contributed by atoms with Crippen molar-refractivity contribution in [3.8, 4) is 0 Å². The Hall–Kier alpha value is -8.61. The molecule has 1 saturated carbocycles. The van der Waals surface area contributed by atoms with E-state index in [1.54, 1.807) is 91.0 Å². The number of carbonyl (C=O) groups excluding carboxylic acids is 5. The molecular formula is C70H88BrCl2N15O8. The molecule has 0 bridgehead atoms. The van der Waals surface area contributed by atoms with Gasteiger partial charge in [-0.25, -0.2) is 24.6 Å². The summed E-state index contributed by atoms with van der Waals surface area (Å²) in [6.45, 7) is 21.6. The van der Waals surface area contributed by atoms with Gasteiger partial charge < -0.3 is 28.4 Å². The predicted molar refractivity (Wildman–Crippen MR) is 377 cm³/mol. The summed E-state index contributed by atoms with van der Waals surface area (Å²) in [4.78, 5) is 95.3. The number of aromatic nitrogens is 15. The zero-order valence-corrected chi connectivity index (χ0v) is 60.1. The maximum Gasteiger partial charge on any atom is 0.269 e. The quantitative estimate of drug-likeness (QED) is 0.150. The van der Waals surface area contributed by atoms with Crippen molar-refractivity contribution in [3.63, 3.8) is 0 Å². The molecule has 26 heteroatoms. The highest BCUT2D eigenvalue weighted by atomic mass is 79.9. The van der Waals surface area contributed by atoms with Crippen LogP contribution < -0.4 is 11.1 Å². The molecule has 8 heterocycles. The number of ketones is 5. The first-order chi connectivity index (χ1) is 45.8. The van der Waals surface area contributed by atoms with E-state index in [2.05, 4.69) is 56.3 Å². The molecule has 0 aromatic carbocycles. The Bertz CT molecular complexity index is 4230.